The summed E-state index contributed by atoms with van der Waals surface area (Å²) in [6.07, 6.45) is -0.194. The van der Waals surface area contributed by atoms with E-state index in [0.717, 1.165) is 55.5 Å². The monoisotopic (exact) mass is 633 g/mol. The van der Waals surface area contributed by atoms with Crippen molar-refractivity contribution >= 4 is 39.8 Å². The Morgan fingerprint density at radius 1 is 0.933 bits per heavy atom. The molecule has 6 rings (SSSR count). The van der Waals surface area contributed by atoms with E-state index in [9.17, 15) is 27.5 Å². The van der Waals surface area contributed by atoms with Gasteiger partial charge in [-0.1, -0.05) is 52.7 Å². The standard InChI is InChI=1S/C32H28FN3O8S/c1-42-28(37)24-17-32-22-11-7-8-12-23(22)35(18-19-9-5-4-6-10-19)27(32)25(29(38)43-2)26(30(39)44-3)34-31(32)36(24)45(40,41)21-15-13-20(33)14-16-21/h4-16,24,27H,17-18H2,1-3H3/t24-,27?,32-/m0/s1. The lowest BCUT2D eigenvalue weighted by Crippen LogP contribution is -2.56. The lowest BCUT2D eigenvalue weighted by molar-refractivity contribution is -0.144. The Labute approximate surface area is 259 Å². The van der Waals surface area contributed by atoms with Crippen molar-refractivity contribution in [1.82, 2.24) is 4.31 Å². The summed E-state index contributed by atoms with van der Waals surface area (Å²) in [5, 5.41) is 0. The number of rotatable bonds is 7. The van der Waals surface area contributed by atoms with Crippen LogP contribution in [0.15, 0.2) is 100 Å². The van der Waals surface area contributed by atoms with Gasteiger partial charge in [-0.15, -0.1) is 0 Å². The number of nitrogens with zero attached hydrogens (tertiary/aromatic N) is 3. The molecule has 3 aromatic carbocycles. The summed E-state index contributed by atoms with van der Waals surface area (Å²) in [4.78, 5) is 46.6. The quantitative estimate of drug-likeness (QED) is 0.218. The van der Waals surface area contributed by atoms with Gasteiger partial charge in [0.2, 0.25) is 0 Å². The molecule has 0 radical (unpaired) electrons. The summed E-state index contributed by atoms with van der Waals surface area (Å²) >= 11 is 0. The number of halogens is 1. The second-order valence-electron chi connectivity index (χ2n) is 10.7. The molecule has 232 valence electrons. The van der Waals surface area contributed by atoms with Crippen molar-refractivity contribution in [2.24, 2.45) is 4.99 Å². The van der Waals surface area contributed by atoms with Gasteiger partial charge < -0.3 is 23.7 Å². The average Bonchev–Trinajstić information content (AvgIpc) is 3.55. The Morgan fingerprint density at radius 3 is 2.22 bits per heavy atom. The molecule has 3 aliphatic rings. The van der Waals surface area contributed by atoms with Gasteiger partial charge in [0.15, 0.2) is 32.9 Å². The highest BCUT2D eigenvalue weighted by molar-refractivity contribution is 7.96. The number of benzene rings is 3. The van der Waals surface area contributed by atoms with Gasteiger partial charge in [-0.3, -0.25) is 0 Å². The van der Waals surface area contributed by atoms with E-state index in [1.807, 2.05) is 41.3 Å². The zero-order valence-electron chi connectivity index (χ0n) is 24.5. The SMILES string of the molecule is COC(=O)C1=C(C(=O)OC)C2N(Cc3ccccc3)c3ccccc3[C@@]23C[C@@H](C(=O)OC)N([S+](=O)([O-])c2ccc(F)cc2)C3=N1. The van der Waals surface area contributed by atoms with Crippen LogP contribution in [0.1, 0.15) is 17.5 Å². The van der Waals surface area contributed by atoms with Crippen LogP contribution < -0.4 is 4.90 Å². The number of amidine groups is 1. The minimum Gasteiger partial charge on any atom is -0.588 e. The molecule has 3 aliphatic heterocycles. The number of aliphatic imine (C=N–C) groups is 1. The van der Waals surface area contributed by atoms with Gasteiger partial charge in [-0.05, 0) is 41.5 Å². The predicted octanol–water partition coefficient (Wildman–Crippen LogP) is 3.32. The van der Waals surface area contributed by atoms with Crippen molar-refractivity contribution in [3.63, 3.8) is 0 Å². The predicted molar refractivity (Wildman–Crippen MR) is 159 cm³/mol. The molecule has 1 fully saturated rings. The van der Waals surface area contributed by atoms with Crippen LogP contribution >= 0.6 is 0 Å². The third-order valence-electron chi connectivity index (χ3n) is 8.45. The second-order valence-corrected chi connectivity index (χ2v) is 12.5. The Kier molecular flexibility index (Phi) is 7.53. The van der Waals surface area contributed by atoms with Crippen LogP contribution in [-0.4, -0.2) is 66.0 Å². The highest BCUT2D eigenvalue weighted by atomic mass is 32.3. The maximum atomic E-state index is 14.4. The number of para-hydroxylation sites is 1. The van der Waals surface area contributed by atoms with Crippen molar-refractivity contribution in [2.75, 3.05) is 26.2 Å². The molecule has 11 nitrogen and oxygen atoms in total. The maximum Gasteiger partial charge on any atom is 0.357 e. The van der Waals surface area contributed by atoms with E-state index in [0.29, 0.717) is 11.3 Å². The summed E-state index contributed by atoms with van der Waals surface area (Å²) in [5.41, 5.74) is 0.00582. The third-order valence-corrected chi connectivity index (χ3v) is 10.3. The first kappa shape index (κ1) is 30.2. The first-order chi connectivity index (χ1) is 21.6. The van der Waals surface area contributed by atoms with Gasteiger partial charge in [-0.25, -0.2) is 23.8 Å². The number of carbonyl (C=O) groups excluding carboxylic acids is 3. The van der Waals surface area contributed by atoms with Crippen LogP contribution in [0.25, 0.3) is 0 Å². The number of ether oxygens (including phenoxy) is 3. The molecule has 45 heavy (non-hydrogen) atoms. The molecule has 13 heteroatoms. The Bertz CT molecular complexity index is 1810. The number of carbonyl (C=O) groups is 3. The van der Waals surface area contributed by atoms with E-state index in [2.05, 4.69) is 4.99 Å². The summed E-state index contributed by atoms with van der Waals surface area (Å²) in [5.74, 6) is -3.60. The first-order valence-corrected chi connectivity index (χ1v) is 15.3. The molecule has 0 saturated carbocycles. The van der Waals surface area contributed by atoms with E-state index in [-0.39, 0.29) is 29.3 Å². The lowest BCUT2D eigenvalue weighted by Gasteiger charge is -2.40. The topological polar surface area (TPSA) is 138 Å². The van der Waals surface area contributed by atoms with E-state index >= 15 is 0 Å². The fraction of sp³-hybridized carbons (Fsp3) is 0.250. The summed E-state index contributed by atoms with van der Waals surface area (Å²) in [6, 6.07) is 18.1. The van der Waals surface area contributed by atoms with Crippen molar-refractivity contribution < 1.29 is 41.7 Å². The van der Waals surface area contributed by atoms with Crippen molar-refractivity contribution in [1.29, 1.82) is 0 Å². The van der Waals surface area contributed by atoms with Gasteiger partial charge in [-0.2, -0.15) is 4.31 Å². The molecular formula is C32H28FN3O8S. The van der Waals surface area contributed by atoms with Gasteiger partial charge in [0, 0.05) is 18.7 Å². The second kappa shape index (κ2) is 11.2. The van der Waals surface area contributed by atoms with Crippen molar-refractivity contribution in [3.8, 4) is 0 Å². The number of methoxy groups -OCH3 is 3. The van der Waals surface area contributed by atoms with Crippen LogP contribution in [0.5, 0.6) is 0 Å². The number of fused-ring (bicyclic) bond motifs is 1. The molecule has 2 unspecified atom stereocenters. The molecule has 3 heterocycles. The van der Waals surface area contributed by atoms with Gasteiger partial charge in [0.05, 0.1) is 38.4 Å². The molecule has 0 amide bonds. The molecule has 0 aliphatic carbocycles. The van der Waals surface area contributed by atoms with Gasteiger partial charge in [0.25, 0.3) is 0 Å². The highest BCUT2D eigenvalue weighted by Gasteiger charge is 2.70. The van der Waals surface area contributed by atoms with Gasteiger partial charge in [0.1, 0.15) is 5.82 Å². The van der Waals surface area contributed by atoms with Crippen LogP contribution in [0.2, 0.25) is 0 Å². The van der Waals surface area contributed by atoms with Crippen LogP contribution in [0.3, 0.4) is 0 Å². The van der Waals surface area contributed by atoms with E-state index < -0.39 is 57.3 Å². The first-order valence-electron chi connectivity index (χ1n) is 13.9. The zero-order chi connectivity index (χ0) is 32.1. The molecule has 3 aromatic rings. The lowest BCUT2D eigenvalue weighted by atomic mass is 9.69. The molecule has 0 N–H and O–H groups in total. The highest BCUT2D eigenvalue weighted by Crippen LogP contribution is 2.59. The number of sulfonamides is 1. The van der Waals surface area contributed by atoms with E-state index in [1.54, 1.807) is 18.2 Å². The van der Waals surface area contributed by atoms with Gasteiger partial charge >= 0.3 is 17.9 Å². The molecular weight excluding hydrogens is 605 g/mol. The third kappa shape index (κ3) is 4.53. The maximum absolute atomic E-state index is 14.4. The van der Waals surface area contributed by atoms with Crippen molar-refractivity contribution in [2.45, 2.75) is 35.4 Å². The molecule has 1 spiro atoms. The molecule has 4 atom stereocenters. The number of anilines is 1. The largest absolute Gasteiger partial charge is 0.588 e. The Hall–Kier alpha value is -4.88. The van der Waals surface area contributed by atoms with Crippen LogP contribution in [-0.2, 0) is 55.2 Å². The van der Waals surface area contributed by atoms with Crippen LogP contribution in [0.4, 0.5) is 10.1 Å². The minimum absolute atomic E-state index is 0.148. The Morgan fingerprint density at radius 2 is 1.58 bits per heavy atom. The fourth-order valence-corrected chi connectivity index (χ4v) is 8.27. The number of hydrogen-bond donors (Lipinski definition) is 0. The average molecular weight is 634 g/mol. The van der Waals surface area contributed by atoms with E-state index in [1.165, 1.54) is 0 Å². The smallest absolute Gasteiger partial charge is 0.357 e. The zero-order valence-corrected chi connectivity index (χ0v) is 25.3. The number of esters is 3. The van der Waals surface area contributed by atoms with Crippen LogP contribution in [0, 0.1) is 5.82 Å². The molecule has 0 bridgehead atoms. The fourth-order valence-electron chi connectivity index (χ4n) is 6.63. The summed E-state index contributed by atoms with van der Waals surface area (Å²) in [6.45, 7) is 0.236. The molecule has 1 saturated heterocycles. The normalized spacial score (nSPS) is 22.9. The Balaban J connectivity index is 1.69. The van der Waals surface area contributed by atoms with Crippen molar-refractivity contribution in [3.05, 3.63) is 107 Å². The summed E-state index contributed by atoms with van der Waals surface area (Å²) in [7, 11) is -1.22. The summed E-state index contributed by atoms with van der Waals surface area (Å²) < 4.78 is 58.8. The minimum atomic E-state index is -4.63. The molecule has 0 aromatic heterocycles. The van der Waals surface area contributed by atoms with E-state index in [4.69, 9.17) is 14.2 Å². The number of hydrogen-bond acceptors (Lipinski definition) is 10.